The molecule has 2 saturated heterocycles. The van der Waals surface area contributed by atoms with Crippen molar-refractivity contribution in [3.63, 3.8) is 0 Å². The summed E-state index contributed by atoms with van der Waals surface area (Å²) in [4.78, 5) is 9.64. The van der Waals surface area contributed by atoms with Gasteiger partial charge in [0.2, 0.25) is 0 Å². The van der Waals surface area contributed by atoms with Crippen LogP contribution < -0.4 is 5.73 Å². The van der Waals surface area contributed by atoms with Crippen LogP contribution in [0.3, 0.4) is 0 Å². The molecule has 0 radical (unpaired) electrons. The van der Waals surface area contributed by atoms with Crippen LogP contribution in [-0.2, 0) is 36.1 Å². The van der Waals surface area contributed by atoms with Crippen molar-refractivity contribution in [2.45, 2.75) is 35.3 Å². The molecule has 0 spiro atoms. The molecule has 10 nitrogen and oxygen atoms in total. The van der Waals surface area contributed by atoms with Gasteiger partial charge in [-0.1, -0.05) is 12.1 Å². The molecule has 1 aromatic carbocycles. The summed E-state index contributed by atoms with van der Waals surface area (Å²) in [5.41, 5.74) is 6.40. The maximum atomic E-state index is 13.4. The zero-order chi connectivity index (χ0) is 29.0. The summed E-state index contributed by atoms with van der Waals surface area (Å²) in [6, 6.07) is 8.39. The Bertz CT molecular complexity index is 1340. The monoisotopic (exact) mass is 617 g/mol. The minimum atomic E-state index is -5.08. The van der Waals surface area contributed by atoms with Crippen molar-refractivity contribution in [2.24, 2.45) is 5.73 Å². The number of aliphatic carboxylic acids is 1. The van der Waals surface area contributed by atoms with Gasteiger partial charge < -0.3 is 15.6 Å². The van der Waals surface area contributed by atoms with Gasteiger partial charge in [-0.2, -0.15) is 30.2 Å². The molecule has 218 valence electrons. The fourth-order valence-electron chi connectivity index (χ4n) is 4.19. The Morgan fingerprint density at radius 3 is 2.18 bits per heavy atom. The molecule has 0 unspecified atom stereocenters. The molecule has 1 aromatic heterocycles. The average molecular weight is 618 g/mol. The van der Waals surface area contributed by atoms with Crippen LogP contribution in [0.25, 0.3) is 0 Å². The predicted octanol–water partition coefficient (Wildman–Crippen LogP) is 2.19. The van der Waals surface area contributed by atoms with Crippen molar-refractivity contribution < 1.29 is 49.0 Å². The highest BCUT2D eigenvalue weighted by Crippen LogP contribution is 2.37. The largest absolute Gasteiger partial charge is 0.490 e. The third-order valence-corrected chi connectivity index (χ3v) is 11.6. The molecule has 0 saturated carbocycles. The summed E-state index contributed by atoms with van der Waals surface area (Å²) in [5, 5.41) is 7.12. The standard InChI is InChI=1S/C20H26FN3O5S3.C2HF3O2/c21-17-3-1-15(2-4-17)16-11-18(14-31(25,26)20-6-5-19(12-22)30-20)24(13-16)32(27,28)23-7-9-29-10-8-23;3-2(4,5)1(6)7/h1-6,16,18H,7-14,22H2;(H,6,7)/t16-,18-;/m1./s1. The van der Waals surface area contributed by atoms with E-state index in [0.717, 1.165) is 21.8 Å². The number of benzene rings is 1. The molecule has 39 heavy (non-hydrogen) atoms. The van der Waals surface area contributed by atoms with E-state index in [4.69, 9.17) is 20.4 Å². The Labute approximate surface area is 227 Å². The number of thiophene rings is 1. The van der Waals surface area contributed by atoms with Crippen molar-refractivity contribution in [3.8, 4) is 0 Å². The Morgan fingerprint density at radius 2 is 1.67 bits per heavy atom. The first-order valence-electron chi connectivity index (χ1n) is 11.6. The first-order chi connectivity index (χ1) is 18.1. The third-order valence-electron chi connectivity index (χ3n) is 6.10. The lowest BCUT2D eigenvalue weighted by atomic mass is 9.97. The van der Waals surface area contributed by atoms with Gasteiger partial charge in [-0.25, -0.2) is 17.6 Å². The lowest BCUT2D eigenvalue weighted by Crippen LogP contribution is -2.51. The van der Waals surface area contributed by atoms with Gasteiger partial charge in [-0.3, -0.25) is 0 Å². The van der Waals surface area contributed by atoms with Crippen LogP contribution in [0.1, 0.15) is 22.8 Å². The minimum absolute atomic E-state index is 0.143. The second-order valence-corrected chi connectivity index (χ2v) is 14.0. The lowest BCUT2D eigenvalue weighted by Gasteiger charge is -2.32. The minimum Gasteiger partial charge on any atom is -0.475 e. The summed E-state index contributed by atoms with van der Waals surface area (Å²) in [6.45, 7) is 1.44. The van der Waals surface area contributed by atoms with E-state index in [1.807, 2.05) is 0 Å². The Kier molecular flexibility index (Phi) is 10.1. The first kappa shape index (κ1) is 31.4. The SMILES string of the molecule is NCc1ccc(S(=O)(=O)C[C@H]2C[C@@H](c3ccc(F)cc3)CN2S(=O)(=O)N2CCOCC2)s1.O=C(O)C(F)(F)F. The van der Waals surface area contributed by atoms with E-state index in [1.54, 1.807) is 18.2 Å². The number of halogens is 4. The molecule has 0 bridgehead atoms. The van der Waals surface area contributed by atoms with Crippen LogP contribution >= 0.6 is 11.3 Å². The maximum absolute atomic E-state index is 13.4. The van der Waals surface area contributed by atoms with E-state index in [0.29, 0.717) is 19.6 Å². The molecule has 2 aromatic rings. The number of ether oxygens (including phenoxy) is 1. The highest BCUT2D eigenvalue weighted by Gasteiger charge is 2.45. The van der Waals surface area contributed by atoms with Gasteiger partial charge >= 0.3 is 12.1 Å². The quantitative estimate of drug-likeness (QED) is 0.450. The number of carboxylic acid groups (broad SMARTS) is 1. The van der Waals surface area contributed by atoms with Crippen molar-refractivity contribution in [2.75, 3.05) is 38.6 Å². The summed E-state index contributed by atoms with van der Waals surface area (Å²) >= 11 is 1.11. The van der Waals surface area contributed by atoms with E-state index in [2.05, 4.69) is 0 Å². The van der Waals surface area contributed by atoms with Gasteiger partial charge in [-0.15, -0.1) is 11.3 Å². The number of nitrogens with two attached hydrogens (primary N) is 1. The zero-order valence-corrected chi connectivity index (χ0v) is 22.8. The van der Waals surface area contributed by atoms with Crippen LogP contribution in [0.5, 0.6) is 0 Å². The second kappa shape index (κ2) is 12.6. The molecule has 0 aliphatic carbocycles. The molecule has 2 fully saturated rings. The van der Waals surface area contributed by atoms with Crippen LogP contribution in [0.2, 0.25) is 0 Å². The molecular weight excluding hydrogens is 590 g/mol. The molecular formula is C22H27F4N3O7S3. The summed E-state index contributed by atoms with van der Waals surface area (Å²) in [6.07, 6.45) is -4.75. The highest BCUT2D eigenvalue weighted by atomic mass is 32.2. The topological polar surface area (TPSA) is 147 Å². The highest BCUT2D eigenvalue weighted by molar-refractivity contribution is 7.93. The number of carbonyl (C=O) groups is 1. The number of morpholine rings is 1. The number of rotatable bonds is 7. The number of sulfone groups is 1. The van der Waals surface area contributed by atoms with E-state index in [9.17, 15) is 34.4 Å². The molecule has 3 N–H and O–H groups in total. The van der Waals surface area contributed by atoms with Gasteiger partial charge in [-0.05, 0) is 42.2 Å². The van der Waals surface area contributed by atoms with Gasteiger partial charge in [0.25, 0.3) is 10.2 Å². The summed E-state index contributed by atoms with van der Waals surface area (Å²) in [7, 11) is -7.60. The van der Waals surface area contributed by atoms with Crippen molar-refractivity contribution in [1.82, 2.24) is 8.61 Å². The molecule has 2 atom stereocenters. The molecule has 3 heterocycles. The molecule has 0 amide bonds. The number of hydrogen-bond acceptors (Lipinski definition) is 8. The predicted molar refractivity (Wildman–Crippen MR) is 134 cm³/mol. The second-order valence-electron chi connectivity index (χ2n) is 8.74. The fraction of sp³-hybridized carbons (Fsp3) is 0.500. The smallest absolute Gasteiger partial charge is 0.475 e. The number of carboxylic acids is 1. The number of hydrogen-bond donors (Lipinski definition) is 2. The summed E-state index contributed by atoms with van der Waals surface area (Å²) < 4.78 is 106. The molecule has 17 heteroatoms. The van der Waals surface area contributed by atoms with Gasteiger partial charge in [0.1, 0.15) is 10.0 Å². The molecule has 2 aliphatic rings. The van der Waals surface area contributed by atoms with E-state index >= 15 is 0 Å². The van der Waals surface area contributed by atoms with Crippen LogP contribution in [0.15, 0.2) is 40.6 Å². The van der Waals surface area contributed by atoms with E-state index < -0.39 is 38.2 Å². The van der Waals surface area contributed by atoms with E-state index in [-0.39, 0.29) is 47.9 Å². The Hall–Kier alpha value is -2.15. The Balaban J connectivity index is 0.000000532. The normalized spacial score (nSPS) is 21.4. The van der Waals surface area contributed by atoms with Gasteiger partial charge in [0.05, 0.1) is 19.0 Å². The van der Waals surface area contributed by atoms with Gasteiger partial charge in [0.15, 0.2) is 9.84 Å². The lowest BCUT2D eigenvalue weighted by molar-refractivity contribution is -0.192. The number of nitrogens with zero attached hydrogens (tertiary/aromatic N) is 2. The van der Waals surface area contributed by atoms with Crippen molar-refractivity contribution in [3.05, 3.63) is 52.7 Å². The maximum Gasteiger partial charge on any atom is 0.490 e. The molecule has 4 rings (SSSR count). The van der Waals surface area contributed by atoms with Crippen LogP contribution in [0.4, 0.5) is 17.6 Å². The first-order valence-corrected chi connectivity index (χ1v) is 15.4. The summed E-state index contributed by atoms with van der Waals surface area (Å²) in [5.74, 6) is -3.68. The fourth-order valence-corrected chi connectivity index (χ4v) is 9.01. The Morgan fingerprint density at radius 1 is 1.08 bits per heavy atom. The average Bonchev–Trinajstić information content (AvgIpc) is 3.53. The van der Waals surface area contributed by atoms with Crippen LogP contribution in [-0.4, -0.2) is 87.3 Å². The van der Waals surface area contributed by atoms with Crippen molar-refractivity contribution in [1.29, 1.82) is 0 Å². The zero-order valence-electron chi connectivity index (χ0n) is 20.4. The van der Waals surface area contributed by atoms with Crippen LogP contribution in [0, 0.1) is 5.82 Å². The van der Waals surface area contributed by atoms with Crippen molar-refractivity contribution >= 4 is 37.4 Å². The number of alkyl halides is 3. The van der Waals surface area contributed by atoms with E-state index in [1.165, 1.54) is 26.8 Å². The third kappa shape index (κ3) is 7.96. The van der Waals surface area contributed by atoms with Gasteiger partial charge in [0, 0.05) is 37.1 Å². The molecule has 2 aliphatic heterocycles.